The molecule has 0 heterocycles. The average Bonchev–Trinajstić information content (AvgIpc) is 2.53. The van der Waals surface area contributed by atoms with Gasteiger partial charge in [-0.15, -0.1) is 0 Å². The van der Waals surface area contributed by atoms with Crippen LogP contribution in [0.5, 0.6) is 0 Å². The van der Waals surface area contributed by atoms with Crippen molar-refractivity contribution < 1.29 is 19.5 Å². The molecule has 6 nitrogen and oxygen atoms in total. The Morgan fingerprint density at radius 3 is 2.35 bits per heavy atom. The van der Waals surface area contributed by atoms with Gasteiger partial charge in [0.05, 0.1) is 12.0 Å². The summed E-state index contributed by atoms with van der Waals surface area (Å²) in [4.78, 5) is 35.1. The van der Waals surface area contributed by atoms with Crippen LogP contribution in [0.3, 0.4) is 0 Å². The van der Waals surface area contributed by atoms with Crippen LogP contribution in [0.2, 0.25) is 0 Å². The SMILES string of the molecule is CCC(CC)(CNC(=O)CNC(=O)c1cccc(Br)c1)C(=O)O. The molecule has 0 radical (unpaired) electrons. The Morgan fingerprint density at radius 1 is 1.17 bits per heavy atom. The first-order valence-electron chi connectivity index (χ1n) is 7.38. The second-order valence-corrected chi connectivity index (χ2v) is 6.18. The molecule has 0 aliphatic rings. The van der Waals surface area contributed by atoms with Gasteiger partial charge in [0.2, 0.25) is 5.91 Å². The number of carbonyl (C=O) groups is 3. The summed E-state index contributed by atoms with van der Waals surface area (Å²) >= 11 is 3.27. The van der Waals surface area contributed by atoms with Crippen LogP contribution in [-0.2, 0) is 9.59 Å². The van der Waals surface area contributed by atoms with Crippen molar-refractivity contribution in [3.05, 3.63) is 34.3 Å². The van der Waals surface area contributed by atoms with Crippen LogP contribution >= 0.6 is 15.9 Å². The molecule has 0 aromatic heterocycles. The predicted octanol–water partition coefficient (Wildman–Crippen LogP) is 2.19. The minimum Gasteiger partial charge on any atom is -0.481 e. The van der Waals surface area contributed by atoms with Crippen LogP contribution < -0.4 is 10.6 Å². The van der Waals surface area contributed by atoms with E-state index in [9.17, 15) is 19.5 Å². The molecule has 0 aliphatic carbocycles. The van der Waals surface area contributed by atoms with Gasteiger partial charge in [0, 0.05) is 16.6 Å². The van der Waals surface area contributed by atoms with Crippen LogP contribution in [0.25, 0.3) is 0 Å². The third-order valence-corrected chi connectivity index (χ3v) is 4.42. The monoisotopic (exact) mass is 384 g/mol. The fraction of sp³-hybridized carbons (Fsp3) is 0.438. The zero-order valence-electron chi connectivity index (χ0n) is 13.2. The molecule has 23 heavy (non-hydrogen) atoms. The van der Waals surface area contributed by atoms with Crippen molar-refractivity contribution in [2.45, 2.75) is 26.7 Å². The number of hydrogen-bond donors (Lipinski definition) is 3. The van der Waals surface area contributed by atoms with Gasteiger partial charge in [-0.2, -0.15) is 0 Å². The van der Waals surface area contributed by atoms with Crippen molar-refractivity contribution in [2.24, 2.45) is 5.41 Å². The summed E-state index contributed by atoms with van der Waals surface area (Å²) in [5, 5.41) is 14.4. The normalized spacial score (nSPS) is 10.9. The molecule has 1 aromatic carbocycles. The number of carboxylic acid groups (broad SMARTS) is 1. The summed E-state index contributed by atoms with van der Waals surface area (Å²) in [6, 6.07) is 6.81. The largest absolute Gasteiger partial charge is 0.481 e. The molecule has 0 saturated heterocycles. The first kappa shape index (κ1) is 19.2. The number of nitrogens with one attached hydrogen (secondary N) is 2. The molecule has 0 unspecified atom stereocenters. The van der Waals surface area contributed by atoms with E-state index in [0.29, 0.717) is 18.4 Å². The van der Waals surface area contributed by atoms with Gasteiger partial charge in [-0.25, -0.2) is 0 Å². The molecule has 0 aliphatic heterocycles. The first-order chi connectivity index (χ1) is 10.8. The van der Waals surface area contributed by atoms with E-state index >= 15 is 0 Å². The Labute approximate surface area is 143 Å². The highest BCUT2D eigenvalue weighted by atomic mass is 79.9. The third-order valence-electron chi connectivity index (χ3n) is 3.93. The second-order valence-electron chi connectivity index (χ2n) is 5.26. The van der Waals surface area contributed by atoms with Gasteiger partial charge >= 0.3 is 5.97 Å². The summed E-state index contributed by atoms with van der Waals surface area (Å²) < 4.78 is 0.770. The highest BCUT2D eigenvalue weighted by Crippen LogP contribution is 2.25. The number of hydrogen-bond acceptors (Lipinski definition) is 3. The molecule has 3 N–H and O–H groups in total. The Kier molecular flexibility index (Phi) is 7.22. The van der Waals surface area contributed by atoms with Gasteiger partial charge in [-0.3, -0.25) is 14.4 Å². The summed E-state index contributed by atoms with van der Waals surface area (Å²) in [6.45, 7) is 3.40. The highest BCUT2D eigenvalue weighted by molar-refractivity contribution is 9.10. The number of amides is 2. The van der Waals surface area contributed by atoms with E-state index in [1.54, 1.807) is 38.1 Å². The topological polar surface area (TPSA) is 95.5 Å². The number of benzene rings is 1. The van der Waals surface area contributed by atoms with Gasteiger partial charge in [-0.05, 0) is 31.0 Å². The van der Waals surface area contributed by atoms with Crippen LogP contribution in [0, 0.1) is 5.41 Å². The molecular formula is C16H21BrN2O4. The minimum absolute atomic E-state index is 0.0426. The quantitative estimate of drug-likeness (QED) is 0.639. The molecule has 0 spiro atoms. The van der Waals surface area contributed by atoms with Gasteiger partial charge in [0.1, 0.15) is 0 Å². The number of halogens is 1. The molecule has 1 aromatic rings. The van der Waals surface area contributed by atoms with Gasteiger partial charge in [0.25, 0.3) is 5.91 Å². The van der Waals surface area contributed by atoms with E-state index in [4.69, 9.17) is 0 Å². The Morgan fingerprint density at radius 2 is 1.83 bits per heavy atom. The van der Waals surface area contributed by atoms with E-state index < -0.39 is 17.3 Å². The fourth-order valence-electron chi connectivity index (χ4n) is 2.10. The minimum atomic E-state index is -0.968. The first-order valence-corrected chi connectivity index (χ1v) is 8.17. The lowest BCUT2D eigenvalue weighted by Crippen LogP contribution is -2.45. The predicted molar refractivity (Wildman–Crippen MR) is 90.1 cm³/mol. The zero-order chi connectivity index (χ0) is 17.5. The molecule has 0 saturated carbocycles. The Bertz CT molecular complexity index is 585. The van der Waals surface area contributed by atoms with E-state index in [-0.39, 0.29) is 19.0 Å². The van der Waals surface area contributed by atoms with Crippen molar-refractivity contribution in [2.75, 3.05) is 13.1 Å². The van der Waals surface area contributed by atoms with E-state index in [1.807, 2.05) is 0 Å². The lowest BCUT2D eigenvalue weighted by Gasteiger charge is -2.26. The molecule has 126 valence electrons. The third kappa shape index (κ3) is 5.35. The Balaban J connectivity index is 2.51. The zero-order valence-corrected chi connectivity index (χ0v) is 14.8. The van der Waals surface area contributed by atoms with Crippen molar-refractivity contribution in [1.82, 2.24) is 10.6 Å². The lowest BCUT2D eigenvalue weighted by atomic mass is 9.82. The van der Waals surface area contributed by atoms with Crippen LogP contribution in [0.15, 0.2) is 28.7 Å². The van der Waals surface area contributed by atoms with Crippen LogP contribution in [0.4, 0.5) is 0 Å². The van der Waals surface area contributed by atoms with Crippen molar-refractivity contribution in [3.8, 4) is 0 Å². The summed E-state index contributed by atoms with van der Waals surface area (Å²) in [5.41, 5.74) is -0.529. The van der Waals surface area contributed by atoms with Gasteiger partial charge in [0.15, 0.2) is 0 Å². The van der Waals surface area contributed by atoms with E-state index in [1.165, 1.54) is 0 Å². The molecule has 7 heteroatoms. The second kappa shape index (κ2) is 8.67. The maximum absolute atomic E-state index is 11.9. The Hall–Kier alpha value is -1.89. The van der Waals surface area contributed by atoms with Crippen molar-refractivity contribution in [1.29, 1.82) is 0 Å². The van der Waals surface area contributed by atoms with E-state index in [2.05, 4.69) is 26.6 Å². The fourth-order valence-corrected chi connectivity index (χ4v) is 2.50. The van der Waals surface area contributed by atoms with E-state index in [0.717, 1.165) is 4.47 Å². The number of aliphatic carboxylic acids is 1. The molecule has 0 atom stereocenters. The molecule has 0 fully saturated rings. The van der Waals surface area contributed by atoms with Gasteiger partial charge in [-0.1, -0.05) is 35.8 Å². The summed E-state index contributed by atoms with van der Waals surface area (Å²) in [6.07, 6.45) is 0.840. The smallest absolute Gasteiger partial charge is 0.311 e. The average molecular weight is 385 g/mol. The lowest BCUT2D eigenvalue weighted by molar-refractivity contribution is -0.149. The maximum atomic E-state index is 11.9. The van der Waals surface area contributed by atoms with Crippen LogP contribution in [-0.4, -0.2) is 36.0 Å². The summed E-state index contributed by atoms with van der Waals surface area (Å²) in [5.74, 6) is -1.71. The maximum Gasteiger partial charge on any atom is 0.311 e. The van der Waals surface area contributed by atoms with Crippen molar-refractivity contribution >= 4 is 33.7 Å². The number of carboxylic acids is 1. The number of rotatable bonds is 8. The van der Waals surface area contributed by atoms with Crippen LogP contribution in [0.1, 0.15) is 37.0 Å². The highest BCUT2D eigenvalue weighted by Gasteiger charge is 2.35. The van der Waals surface area contributed by atoms with Crippen molar-refractivity contribution in [3.63, 3.8) is 0 Å². The molecule has 0 bridgehead atoms. The molecule has 2 amide bonds. The summed E-state index contributed by atoms with van der Waals surface area (Å²) in [7, 11) is 0. The molecule has 1 rings (SSSR count). The van der Waals surface area contributed by atoms with Gasteiger partial charge < -0.3 is 15.7 Å². The number of carbonyl (C=O) groups excluding carboxylic acids is 2. The molecular weight excluding hydrogens is 364 g/mol. The standard InChI is InChI=1S/C16H21BrN2O4/c1-3-16(4-2,15(22)23)10-19-13(20)9-18-14(21)11-6-5-7-12(17)8-11/h5-8H,3-4,9-10H2,1-2H3,(H,18,21)(H,19,20)(H,22,23).